The number of phenols is 1. The van der Waals surface area contributed by atoms with Gasteiger partial charge in [0.05, 0.1) is 22.2 Å². The second-order valence-electron chi connectivity index (χ2n) is 8.58. The predicted molar refractivity (Wildman–Crippen MR) is 104 cm³/mol. The quantitative estimate of drug-likeness (QED) is 0.566. The molecule has 2 saturated carbocycles. The highest BCUT2D eigenvalue weighted by Gasteiger charge is 2.69. The molecule has 5 rings (SSSR count). The zero-order valence-electron chi connectivity index (χ0n) is 14.8. The number of aliphatic hydroxyl groups is 1. The van der Waals surface area contributed by atoms with E-state index in [1.807, 2.05) is 0 Å². The monoisotopic (exact) mass is 486 g/mol. The van der Waals surface area contributed by atoms with E-state index in [1.165, 1.54) is 11.1 Å². The van der Waals surface area contributed by atoms with Crippen LogP contribution in [-0.4, -0.2) is 35.3 Å². The highest BCUT2D eigenvalue weighted by Crippen LogP contribution is 2.66. The van der Waals surface area contributed by atoms with E-state index < -0.39 is 11.9 Å². The van der Waals surface area contributed by atoms with Gasteiger partial charge < -0.3 is 19.7 Å². The van der Waals surface area contributed by atoms with Crippen molar-refractivity contribution in [2.45, 2.75) is 56.8 Å². The summed E-state index contributed by atoms with van der Waals surface area (Å²) in [5.74, 6) is 0.874. The van der Waals surface area contributed by atoms with Crippen LogP contribution in [0.25, 0.3) is 0 Å². The summed E-state index contributed by atoms with van der Waals surface area (Å²) >= 11 is 7.11. The number of fused-ring (bicyclic) bond motifs is 6. The van der Waals surface area contributed by atoms with Crippen molar-refractivity contribution in [3.8, 4) is 5.75 Å². The second-order valence-corrected chi connectivity index (χ2v) is 10.2. The van der Waals surface area contributed by atoms with Crippen molar-refractivity contribution in [2.24, 2.45) is 17.3 Å². The fourth-order valence-corrected chi connectivity index (χ4v) is 7.90. The van der Waals surface area contributed by atoms with Crippen LogP contribution in [0.1, 0.15) is 49.7 Å². The van der Waals surface area contributed by atoms with Gasteiger partial charge in [-0.3, -0.25) is 0 Å². The average molecular weight is 488 g/mol. The number of halogens is 2. The Labute approximate surface area is 170 Å². The number of benzene rings is 1. The summed E-state index contributed by atoms with van der Waals surface area (Å²) in [4.78, 5) is 0. The van der Waals surface area contributed by atoms with Crippen LogP contribution in [0.2, 0.25) is 0 Å². The van der Waals surface area contributed by atoms with Crippen LogP contribution >= 0.6 is 31.9 Å². The number of ether oxygens (including phenoxy) is 2. The largest absolute Gasteiger partial charge is 0.506 e. The van der Waals surface area contributed by atoms with Gasteiger partial charge in [0.15, 0.2) is 5.79 Å². The normalized spacial score (nSPS) is 40.3. The van der Waals surface area contributed by atoms with Gasteiger partial charge in [0, 0.05) is 5.41 Å². The maximum absolute atomic E-state index is 10.9. The molecule has 1 heterocycles. The molecule has 5 atom stereocenters. The number of aliphatic hydroxyl groups excluding tert-OH is 1. The standard InChI is InChI=1S/C20H24Br2O4/c1-19-5-4-10-11(14(19)9-16(23)20(19)25-6-7-26-20)2-3-12-13(10)8-15(21)18(24)17(12)22/h8,10-11,14,16,23-24H,2-7,9H2,1H3. The molecule has 0 bridgehead atoms. The molecule has 1 aromatic rings. The van der Waals surface area contributed by atoms with Crippen LogP contribution in [0.5, 0.6) is 5.75 Å². The minimum Gasteiger partial charge on any atom is -0.506 e. The highest BCUT2D eigenvalue weighted by molar-refractivity contribution is 9.11. The smallest absolute Gasteiger partial charge is 0.200 e. The molecule has 2 N–H and O–H groups in total. The maximum Gasteiger partial charge on any atom is 0.200 e. The van der Waals surface area contributed by atoms with Gasteiger partial charge in [-0.2, -0.15) is 0 Å². The van der Waals surface area contributed by atoms with E-state index in [0.717, 1.165) is 41.0 Å². The van der Waals surface area contributed by atoms with E-state index in [4.69, 9.17) is 9.47 Å². The molecule has 26 heavy (non-hydrogen) atoms. The van der Waals surface area contributed by atoms with E-state index in [-0.39, 0.29) is 5.41 Å². The second kappa shape index (κ2) is 5.93. The summed E-state index contributed by atoms with van der Waals surface area (Å²) in [6.45, 7) is 3.43. The minimum absolute atomic E-state index is 0.132. The first kappa shape index (κ1) is 17.9. The fraction of sp³-hybridized carbons (Fsp3) is 0.700. The number of phenolic OH excluding ortho intramolecular Hbond substituents is 1. The molecule has 4 nitrogen and oxygen atoms in total. The summed E-state index contributed by atoms with van der Waals surface area (Å²) in [5.41, 5.74) is 2.47. The van der Waals surface area contributed by atoms with Gasteiger partial charge in [0.25, 0.3) is 0 Å². The third kappa shape index (κ3) is 2.11. The van der Waals surface area contributed by atoms with Crippen molar-refractivity contribution in [3.63, 3.8) is 0 Å². The lowest BCUT2D eigenvalue weighted by atomic mass is 9.55. The number of aromatic hydroxyl groups is 1. The van der Waals surface area contributed by atoms with Gasteiger partial charge in [-0.15, -0.1) is 0 Å². The molecule has 142 valence electrons. The Morgan fingerprint density at radius 3 is 2.65 bits per heavy atom. The molecule has 4 aliphatic rings. The van der Waals surface area contributed by atoms with Crippen LogP contribution in [-0.2, 0) is 15.9 Å². The summed E-state index contributed by atoms with van der Waals surface area (Å²) < 4.78 is 13.7. The lowest BCUT2D eigenvalue weighted by molar-refractivity contribution is -0.270. The molecule has 5 unspecified atom stereocenters. The molecule has 0 amide bonds. The first-order valence-corrected chi connectivity index (χ1v) is 11.1. The van der Waals surface area contributed by atoms with Gasteiger partial charge in [0.1, 0.15) is 11.9 Å². The molecule has 1 aromatic carbocycles. The topological polar surface area (TPSA) is 58.9 Å². The predicted octanol–water partition coefficient (Wildman–Crippen LogP) is 4.49. The van der Waals surface area contributed by atoms with E-state index in [2.05, 4.69) is 44.8 Å². The lowest BCUT2D eigenvalue weighted by Crippen LogP contribution is -2.54. The molecular formula is C20H24Br2O4. The molecule has 1 saturated heterocycles. The maximum atomic E-state index is 10.9. The van der Waals surface area contributed by atoms with Crippen molar-refractivity contribution in [3.05, 3.63) is 26.1 Å². The van der Waals surface area contributed by atoms with Gasteiger partial charge in [0.2, 0.25) is 0 Å². The minimum atomic E-state index is -0.807. The Morgan fingerprint density at radius 1 is 1.19 bits per heavy atom. The van der Waals surface area contributed by atoms with Gasteiger partial charge >= 0.3 is 0 Å². The third-order valence-electron chi connectivity index (χ3n) is 7.71. The third-order valence-corrected chi connectivity index (χ3v) is 9.17. The van der Waals surface area contributed by atoms with Crippen molar-refractivity contribution >= 4 is 31.9 Å². The zero-order valence-corrected chi connectivity index (χ0v) is 18.0. The van der Waals surface area contributed by atoms with E-state index in [9.17, 15) is 10.2 Å². The lowest BCUT2D eigenvalue weighted by Gasteiger charge is -2.52. The fourth-order valence-electron chi connectivity index (χ4n) is 6.55. The Hall–Kier alpha value is -0.140. The zero-order chi connectivity index (χ0) is 18.3. The highest BCUT2D eigenvalue weighted by atomic mass is 79.9. The van der Waals surface area contributed by atoms with Crippen LogP contribution in [0.15, 0.2) is 15.0 Å². The Kier molecular flexibility index (Phi) is 4.09. The summed E-state index contributed by atoms with van der Waals surface area (Å²) in [6.07, 6.45) is 4.31. The first-order chi connectivity index (χ1) is 12.4. The molecule has 0 aromatic heterocycles. The Balaban J connectivity index is 1.56. The average Bonchev–Trinajstić information content (AvgIpc) is 3.20. The van der Waals surface area contributed by atoms with E-state index in [0.29, 0.717) is 36.7 Å². The molecule has 3 aliphatic carbocycles. The first-order valence-electron chi connectivity index (χ1n) is 9.55. The van der Waals surface area contributed by atoms with Crippen molar-refractivity contribution in [1.82, 2.24) is 0 Å². The van der Waals surface area contributed by atoms with Crippen molar-refractivity contribution in [1.29, 1.82) is 0 Å². The van der Waals surface area contributed by atoms with Crippen LogP contribution in [0, 0.1) is 17.3 Å². The SMILES string of the molecule is CC12CCC3c4cc(Br)c(O)c(Br)c4CCC3C1CC(O)C21OCCO1. The number of rotatable bonds is 0. The van der Waals surface area contributed by atoms with E-state index in [1.54, 1.807) is 0 Å². The summed E-state index contributed by atoms with van der Waals surface area (Å²) in [5, 5.41) is 21.2. The molecule has 0 radical (unpaired) electrons. The number of hydrogen-bond donors (Lipinski definition) is 2. The van der Waals surface area contributed by atoms with Crippen LogP contribution < -0.4 is 0 Å². The Bertz CT molecular complexity index is 761. The molecule has 3 fully saturated rings. The molecule has 6 heteroatoms. The number of hydrogen-bond acceptors (Lipinski definition) is 4. The van der Waals surface area contributed by atoms with Gasteiger partial charge in [-0.05, 0) is 98.9 Å². The molecule has 1 spiro atoms. The molecular weight excluding hydrogens is 464 g/mol. The van der Waals surface area contributed by atoms with Gasteiger partial charge in [-0.25, -0.2) is 0 Å². The van der Waals surface area contributed by atoms with Crippen LogP contribution in [0.4, 0.5) is 0 Å². The van der Waals surface area contributed by atoms with E-state index >= 15 is 0 Å². The van der Waals surface area contributed by atoms with Crippen molar-refractivity contribution < 1.29 is 19.7 Å². The summed E-state index contributed by atoms with van der Waals surface area (Å²) in [7, 11) is 0. The van der Waals surface area contributed by atoms with Crippen molar-refractivity contribution in [2.75, 3.05) is 13.2 Å². The Morgan fingerprint density at radius 2 is 1.92 bits per heavy atom. The molecule has 1 aliphatic heterocycles. The van der Waals surface area contributed by atoms with Gasteiger partial charge in [-0.1, -0.05) is 6.92 Å². The summed E-state index contributed by atoms with van der Waals surface area (Å²) in [6, 6.07) is 2.11. The van der Waals surface area contributed by atoms with Crippen LogP contribution in [0.3, 0.4) is 0 Å².